The SMILES string of the molecule is CCCCCCC(CO)NC1CCCC1. The molecule has 2 nitrogen and oxygen atoms in total. The molecule has 0 aliphatic heterocycles. The third kappa shape index (κ3) is 5.53. The molecule has 0 radical (unpaired) electrons. The second kappa shape index (κ2) is 8.12. The van der Waals surface area contributed by atoms with Crippen LogP contribution in [-0.2, 0) is 0 Å². The molecule has 0 aromatic rings. The minimum Gasteiger partial charge on any atom is -0.395 e. The Labute approximate surface area is 94.5 Å². The Morgan fingerprint density at radius 3 is 2.53 bits per heavy atom. The second-order valence-corrected chi connectivity index (χ2v) is 4.88. The highest BCUT2D eigenvalue weighted by molar-refractivity contribution is 4.78. The van der Waals surface area contributed by atoms with Gasteiger partial charge in [0.1, 0.15) is 0 Å². The first-order chi connectivity index (χ1) is 7.36. The van der Waals surface area contributed by atoms with Gasteiger partial charge in [0.05, 0.1) is 6.61 Å². The zero-order chi connectivity index (χ0) is 10.9. The molecule has 1 aliphatic carbocycles. The topological polar surface area (TPSA) is 32.3 Å². The van der Waals surface area contributed by atoms with Crippen molar-refractivity contribution in [2.75, 3.05) is 6.61 Å². The molecule has 0 bridgehead atoms. The second-order valence-electron chi connectivity index (χ2n) is 4.88. The zero-order valence-corrected chi connectivity index (χ0v) is 10.2. The third-order valence-corrected chi connectivity index (χ3v) is 3.45. The maximum atomic E-state index is 9.28. The van der Waals surface area contributed by atoms with E-state index in [4.69, 9.17) is 0 Å². The molecule has 15 heavy (non-hydrogen) atoms. The fourth-order valence-electron chi connectivity index (χ4n) is 2.47. The van der Waals surface area contributed by atoms with Crippen molar-refractivity contribution in [2.45, 2.75) is 76.8 Å². The summed E-state index contributed by atoms with van der Waals surface area (Å²) in [6.07, 6.45) is 11.7. The van der Waals surface area contributed by atoms with Crippen molar-refractivity contribution in [3.8, 4) is 0 Å². The van der Waals surface area contributed by atoms with Gasteiger partial charge in [0, 0.05) is 12.1 Å². The van der Waals surface area contributed by atoms with Crippen LogP contribution in [-0.4, -0.2) is 23.8 Å². The number of aliphatic hydroxyl groups excluding tert-OH is 1. The molecule has 0 saturated heterocycles. The third-order valence-electron chi connectivity index (χ3n) is 3.45. The van der Waals surface area contributed by atoms with E-state index in [1.165, 1.54) is 51.4 Å². The highest BCUT2D eigenvalue weighted by Crippen LogP contribution is 2.19. The summed E-state index contributed by atoms with van der Waals surface area (Å²) in [7, 11) is 0. The Morgan fingerprint density at radius 2 is 1.93 bits per heavy atom. The van der Waals surface area contributed by atoms with Crippen LogP contribution in [0, 0.1) is 0 Å². The molecule has 1 saturated carbocycles. The number of unbranched alkanes of at least 4 members (excludes halogenated alkanes) is 3. The number of aliphatic hydroxyl groups is 1. The van der Waals surface area contributed by atoms with E-state index in [1.807, 2.05) is 0 Å². The first-order valence-corrected chi connectivity index (χ1v) is 6.73. The summed E-state index contributed by atoms with van der Waals surface area (Å²) in [5, 5.41) is 12.9. The minimum atomic E-state index is 0.308. The van der Waals surface area contributed by atoms with Crippen molar-refractivity contribution < 1.29 is 5.11 Å². The molecule has 1 rings (SSSR count). The standard InChI is InChI=1S/C13H27NO/c1-2-3-4-5-10-13(11-15)14-12-8-6-7-9-12/h12-15H,2-11H2,1H3. The van der Waals surface area contributed by atoms with Crippen LogP contribution in [0.2, 0.25) is 0 Å². The monoisotopic (exact) mass is 213 g/mol. The van der Waals surface area contributed by atoms with Gasteiger partial charge in [0.2, 0.25) is 0 Å². The molecule has 1 aliphatic rings. The lowest BCUT2D eigenvalue weighted by atomic mass is 10.1. The molecule has 0 spiro atoms. The molecule has 0 aromatic heterocycles. The van der Waals surface area contributed by atoms with Crippen LogP contribution in [0.1, 0.15) is 64.7 Å². The molecule has 1 atom stereocenters. The summed E-state index contributed by atoms with van der Waals surface area (Å²) in [6, 6.07) is 1.04. The van der Waals surface area contributed by atoms with Gasteiger partial charge in [0.15, 0.2) is 0 Å². The molecule has 0 aromatic carbocycles. The lowest BCUT2D eigenvalue weighted by molar-refractivity contribution is 0.221. The molecule has 2 N–H and O–H groups in total. The minimum absolute atomic E-state index is 0.308. The molecule has 2 heteroatoms. The smallest absolute Gasteiger partial charge is 0.0584 e. The summed E-state index contributed by atoms with van der Waals surface area (Å²) in [6.45, 7) is 2.54. The highest BCUT2D eigenvalue weighted by atomic mass is 16.3. The van der Waals surface area contributed by atoms with E-state index in [-0.39, 0.29) is 0 Å². The van der Waals surface area contributed by atoms with E-state index >= 15 is 0 Å². The van der Waals surface area contributed by atoms with Crippen molar-refractivity contribution in [1.82, 2.24) is 5.32 Å². The van der Waals surface area contributed by atoms with Crippen LogP contribution >= 0.6 is 0 Å². The van der Waals surface area contributed by atoms with Gasteiger partial charge in [0.25, 0.3) is 0 Å². The maximum absolute atomic E-state index is 9.28. The predicted molar refractivity (Wildman–Crippen MR) is 65.0 cm³/mol. The number of nitrogens with one attached hydrogen (secondary N) is 1. The lowest BCUT2D eigenvalue weighted by Gasteiger charge is -2.20. The Morgan fingerprint density at radius 1 is 1.20 bits per heavy atom. The van der Waals surface area contributed by atoms with Gasteiger partial charge in [-0.25, -0.2) is 0 Å². The molecule has 0 amide bonds. The molecule has 90 valence electrons. The summed E-state index contributed by atoms with van der Waals surface area (Å²) >= 11 is 0. The van der Waals surface area contributed by atoms with Crippen molar-refractivity contribution in [1.29, 1.82) is 0 Å². The quantitative estimate of drug-likeness (QED) is 0.608. The van der Waals surface area contributed by atoms with E-state index < -0.39 is 0 Å². The summed E-state index contributed by atoms with van der Waals surface area (Å²) in [4.78, 5) is 0. The van der Waals surface area contributed by atoms with Gasteiger partial charge in [-0.3, -0.25) is 0 Å². The highest BCUT2D eigenvalue weighted by Gasteiger charge is 2.18. The van der Waals surface area contributed by atoms with E-state index in [0.29, 0.717) is 18.7 Å². The van der Waals surface area contributed by atoms with E-state index in [0.717, 1.165) is 6.42 Å². The zero-order valence-electron chi connectivity index (χ0n) is 10.2. The average Bonchev–Trinajstić information content (AvgIpc) is 2.75. The first kappa shape index (κ1) is 13.0. The number of rotatable bonds is 8. The number of hydrogen-bond acceptors (Lipinski definition) is 2. The Balaban J connectivity index is 2.06. The van der Waals surface area contributed by atoms with Crippen LogP contribution in [0.5, 0.6) is 0 Å². The van der Waals surface area contributed by atoms with Crippen LogP contribution in [0.15, 0.2) is 0 Å². The average molecular weight is 213 g/mol. The number of hydrogen-bond donors (Lipinski definition) is 2. The fraction of sp³-hybridized carbons (Fsp3) is 1.00. The molecular formula is C13H27NO. The summed E-state index contributed by atoms with van der Waals surface area (Å²) in [5.41, 5.74) is 0. The van der Waals surface area contributed by atoms with Crippen molar-refractivity contribution in [3.63, 3.8) is 0 Å². The van der Waals surface area contributed by atoms with Gasteiger partial charge >= 0.3 is 0 Å². The van der Waals surface area contributed by atoms with Gasteiger partial charge in [-0.2, -0.15) is 0 Å². The maximum Gasteiger partial charge on any atom is 0.0584 e. The van der Waals surface area contributed by atoms with E-state index in [9.17, 15) is 5.11 Å². The van der Waals surface area contributed by atoms with Crippen LogP contribution in [0.25, 0.3) is 0 Å². The normalized spacial score (nSPS) is 19.6. The molecule has 1 fully saturated rings. The van der Waals surface area contributed by atoms with Crippen molar-refractivity contribution >= 4 is 0 Å². The Bertz CT molecular complexity index is 143. The largest absolute Gasteiger partial charge is 0.395 e. The van der Waals surface area contributed by atoms with Crippen molar-refractivity contribution in [3.05, 3.63) is 0 Å². The summed E-state index contributed by atoms with van der Waals surface area (Å²) < 4.78 is 0. The van der Waals surface area contributed by atoms with Crippen molar-refractivity contribution in [2.24, 2.45) is 0 Å². The van der Waals surface area contributed by atoms with Gasteiger partial charge < -0.3 is 10.4 Å². The van der Waals surface area contributed by atoms with E-state index in [1.54, 1.807) is 0 Å². The first-order valence-electron chi connectivity index (χ1n) is 6.73. The molecular weight excluding hydrogens is 186 g/mol. The van der Waals surface area contributed by atoms with Gasteiger partial charge in [-0.1, -0.05) is 45.4 Å². The lowest BCUT2D eigenvalue weighted by Crippen LogP contribution is -2.39. The van der Waals surface area contributed by atoms with Gasteiger partial charge in [-0.05, 0) is 19.3 Å². The van der Waals surface area contributed by atoms with Crippen LogP contribution in [0.3, 0.4) is 0 Å². The van der Waals surface area contributed by atoms with Gasteiger partial charge in [-0.15, -0.1) is 0 Å². The molecule has 1 unspecified atom stereocenters. The molecule has 0 heterocycles. The van der Waals surface area contributed by atoms with Crippen LogP contribution in [0.4, 0.5) is 0 Å². The Hall–Kier alpha value is -0.0800. The van der Waals surface area contributed by atoms with Crippen LogP contribution < -0.4 is 5.32 Å². The summed E-state index contributed by atoms with van der Waals surface area (Å²) in [5.74, 6) is 0. The van der Waals surface area contributed by atoms with E-state index in [2.05, 4.69) is 12.2 Å². The Kier molecular flexibility index (Phi) is 7.03. The predicted octanol–water partition coefficient (Wildman–Crippen LogP) is 2.85. The fourth-order valence-corrected chi connectivity index (χ4v) is 2.47.